The summed E-state index contributed by atoms with van der Waals surface area (Å²) in [4.78, 5) is 61.9. The summed E-state index contributed by atoms with van der Waals surface area (Å²) in [6.45, 7) is 1.69. The van der Waals surface area contributed by atoms with Crippen LogP contribution in [0.25, 0.3) is 0 Å². The molecule has 1 aliphatic heterocycles. The van der Waals surface area contributed by atoms with Crippen molar-refractivity contribution in [1.29, 1.82) is 0 Å². The lowest BCUT2D eigenvalue weighted by Crippen LogP contribution is -2.36. The van der Waals surface area contributed by atoms with Crippen LogP contribution in [0.4, 0.5) is 5.82 Å². The lowest BCUT2D eigenvalue weighted by molar-refractivity contribution is -0.161. The molecule has 0 amide bonds. The van der Waals surface area contributed by atoms with Crippen LogP contribution in [0.2, 0.25) is 0 Å². The Hall–Kier alpha value is -4.92. The fourth-order valence-electron chi connectivity index (χ4n) is 6.68. The zero-order valence-electron chi connectivity index (χ0n) is 43.7. The lowest BCUT2D eigenvalue weighted by atomic mass is 10.1. The average molecular weight is 1110 g/mol. The van der Waals surface area contributed by atoms with Gasteiger partial charge in [0, 0.05) is 19.0 Å². The molecular weight excluding hydrogens is 1020 g/mol. The number of rotatable bonds is 40. The van der Waals surface area contributed by atoms with E-state index >= 15 is 0 Å². The second-order valence-corrected chi connectivity index (χ2v) is 20.4. The summed E-state index contributed by atoms with van der Waals surface area (Å²) in [6.07, 6.45) is 40.7. The first-order chi connectivity index (χ1) is 36.5. The van der Waals surface area contributed by atoms with E-state index in [-0.39, 0.29) is 25.1 Å². The summed E-state index contributed by atoms with van der Waals surface area (Å²) in [5, 5.41) is 41.0. The van der Waals surface area contributed by atoms with E-state index in [0.29, 0.717) is 32.1 Å². The molecule has 0 radical (unpaired) electrons. The van der Waals surface area contributed by atoms with Crippen LogP contribution in [0.5, 0.6) is 0 Å². The minimum absolute atomic E-state index is 0.00524. The van der Waals surface area contributed by atoms with Crippen molar-refractivity contribution in [3.8, 4) is 0 Å². The van der Waals surface area contributed by atoms with Crippen LogP contribution in [0, 0.1) is 0 Å². The minimum Gasteiger partial charge on any atom is -0.462 e. The van der Waals surface area contributed by atoms with Crippen LogP contribution in [-0.4, -0.2) is 108 Å². The molecule has 0 spiro atoms. The van der Waals surface area contributed by atoms with E-state index in [0.717, 1.165) is 42.9 Å². The van der Waals surface area contributed by atoms with Gasteiger partial charge in [0.05, 0.1) is 25.4 Å². The number of anilines is 1. The van der Waals surface area contributed by atoms with Crippen molar-refractivity contribution in [3.05, 3.63) is 144 Å². The first-order valence-electron chi connectivity index (χ1n) is 25.8. The maximum absolute atomic E-state index is 12.9. The Morgan fingerprint density at radius 3 is 1.86 bits per heavy atom. The number of nitrogens with two attached hydrogens (primary N) is 1. The van der Waals surface area contributed by atoms with Crippen molar-refractivity contribution in [1.82, 2.24) is 9.55 Å². The van der Waals surface area contributed by atoms with Gasteiger partial charge >= 0.3 is 33.3 Å². The number of hydrogen-bond acceptors (Lipinski definition) is 17. The number of nitrogen functional groups attached to an aromatic ring is 1. The first-order valence-corrected chi connectivity index (χ1v) is 28.8. The number of carbonyl (C=O) groups is 2. The minimum atomic E-state index is -5.49. The second kappa shape index (κ2) is 40.3. The number of phosphoric ester groups is 2. The molecular formula is C54H81N3O17P2. The van der Waals surface area contributed by atoms with E-state index in [1.165, 1.54) is 25.3 Å². The molecule has 424 valence electrons. The summed E-state index contributed by atoms with van der Waals surface area (Å²) in [6, 6.07) is 1.23. The Morgan fingerprint density at radius 1 is 0.711 bits per heavy atom. The number of phosphoric acid groups is 2. The smallest absolute Gasteiger partial charge is 0.462 e. The molecule has 0 aromatic carbocycles. The number of hydrogen-bond donors (Lipinski definition) is 7. The SMILES string of the molecule is CC/C=C\C[C@H](O)/C=C/C=C\C=C\[C@H](O)C/C=C\C/C=C\CCC(=O)O[C@H](COC(=O)CCC/C=C\C/C=C\C/C=C\C/C=C\CCCCC)COP(=O)(O)OP(=O)(O)OC[C@H]1O[C@@H](n2ccc(N)nc2=O)[C@H](O)[C@@H]1O. The molecule has 1 aliphatic rings. The number of carbonyl (C=O) groups excluding carboxylic acids is 2. The number of aliphatic hydroxyl groups is 4. The Balaban J connectivity index is 1.89. The van der Waals surface area contributed by atoms with E-state index in [4.69, 9.17) is 29.0 Å². The second-order valence-electron chi connectivity index (χ2n) is 17.3. The highest BCUT2D eigenvalue weighted by Crippen LogP contribution is 2.60. The highest BCUT2D eigenvalue weighted by atomic mass is 31.3. The van der Waals surface area contributed by atoms with Crippen LogP contribution in [0.15, 0.2) is 139 Å². The molecule has 8 N–H and O–H groups in total. The third-order valence-electron chi connectivity index (χ3n) is 10.7. The van der Waals surface area contributed by atoms with Crippen molar-refractivity contribution < 1.29 is 76.5 Å². The summed E-state index contributed by atoms with van der Waals surface area (Å²) in [5.74, 6) is -1.56. The zero-order valence-corrected chi connectivity index (χ0v) is 45.5. The molecule has 1 fully saturated rings. The number of esters is 2. The summed E-state index contributed by atoms with van der Waals surface area (Å²) >= 11 is 0. The van der Waals surface area contributed by atoms with Crippen LogP contribution < -0.4 is 11.4 Å². The molecule has 1 aromatic rings. The van der Waals surface area contributed by atoms with E-state index in [9.17, 15) is 53.7 Å². The Labute approximate surface area is 447 Å². The molecule has 2 rings (SSSR count). The highest BCUT2D eigenvalue weighted by molar-refractivity contribution is 7.61. The van der Waals surface area contributed by atoms with Crippen molar-refractivity contribution in [2.75, 3.05) is 25.6 Å². The number of aliphatic hydroxyl groups excluding tert-OH is 4. The molecule has 0 aliphatic carbocycles. The van der Waals surface area contributed by atoms with Gasteiger partial charge in [-0.05, 0) is 83.1 Å². The van der Waals surface area contributed by atoms with Crippen molar-refractivity contribution >= 4 is 33.4 Å². The maximum Gasteiger partial charge on any atom is 0.481 e. The molecule has 2 heterocycles. The molecule has 1 saturated heterocycles. The highest BCUT2D eigenvalue weighted by Gasteiger charge is 2.46. The van der Waals surface area contributed by atoms with Crippen LogP contribution in [-0.2, 0) is 46.3 Å². The van der Waals surface area contributed by atoms with Gasteiger partial charge in [-0.2, -0.15) is 9.29 Å². The van der Waals surface area contributed by atoms with Crippen LogP contribution in [0.1, 0.15) is 123 Å². The molecule has 0 bridgehead atoms. The fourth-order valence-corrected chi connectivity index (χ4v) is 8.79. The Kier molecular flexibility index (Phi) is 35.6. The number of aromatic nitrogens is 2. The van der Waals surface area contributed by atoms with Gasteiger partial charge in [-0.15, -0.1) is 0 Å². The molecule has 22 heteroatoms. The van der Waals surface area contributed by atoms with Gasteiger partial charge in [0.15, 0.2) is 12.3 Å². The maximum atomic E-state index is 12.9. The van der Waals surface area contributed by atoms with E-state index in [1.807, 2.05) is 43.4 Å². The van der Waals surface area contributed by atoms with Gasteiger partial charge in [-0.25, -0.2) is 13.9 Å². The number of nitrogens with zero attached hydrogens (tertiary/aromatic N) is 2. The van der Waals surface area contributed by atoms with Gasteiger partial charge < -0.3 is 50.2 Å². The van der Waals surface area contributed by atoms with Crippen molar-refractivity contribution in [3.63, 3.8) is 0 Å². The van der Waals surface area contributed by atoms with Gasteiger partial charge in [-0.3, -0.25) is 23.2 Å². The molecule has 9 atom stereocenters. The number of ether oxygens (including phenoxy) is 3. The van der Waals surface area contributed by atoms with Gasteiger partial charge in [0.2, 0.25) is 0 Å². The van der Waals surface area contributed by atoms with Crippen molar-refractivity contribution in [2.24, 2.45) is 0 Å². The normalized spacial score (nSPS) is 20.5. The Morgan fingerprint density at radius 2 is 1.26 bits per heavy atom. The van der Waals surface area contributed by atoms with Gasteiger partial charge in [-0.1, -0.05) is 148 Å². The number of unbranched alkanes of at least 4 members (excludes halogenated alkanes) is 4. The van der Waals surface area contributed by atoms with E-state index in [2.05, 4.69) is 52.7 Å². The van der Waals surface area contributed by atoms with Crippen LogP contribution >= 0.6 is 15.6 Å². The number of allylic oxidation sites excluding steroid dienone is 16. The van der Waals surface area contributed by atoms with Crippen LogP contribution in [0.3, 0.4) is 0 Å². The molecule has 20 nitrogen and oxygen atoms in total. The topological polar surface area (TPSA) is 306 Å². The standard InChI is InChI=1S/C54H81N3O17P2/c1-3-5-7-8-9-10-11-12-13-14-15-16-17-18-19-23-31-37-49(60)69-41-46(72-50(61)38-32-24-21-20-22-28-34-45(59)36-30-26-25-29-35-44(58)33-27-6-4-2)42-70-75(65,66)74-76(67,68)71-43-47-51(62)52(63)53(73-47)57-40-39-48(55)56-54(57)64/h6,9-10,12-13,15-16,18-19,21-22,24-30,35-36,39-40,44-47,51-53,58-59,62-63H,3-5,7-8,11,14,17,20,23,31-34,37-38,41-43H2,1-2H3,(H,65,66)(H,67,68)(H2,55,56,64)/b10-9-,13-12-,16-15-,19-18-,24-21-,26-25-,27-6-,28-22-,35-29+,36-30+/t44-,45+,46+,47+,51+,52+,53+/m0/s1. The summed E-state index contributed by atoms with van der Waals surface area (Å²) in [5.41, 5.74) is 4.56. The fraction of sp³-hybridized carbons (Fsp3) is 0.519. The quantitative estimate of drug-likeness (QED) is 0.0106. The summed E-state index contributed by atoms with van der Waals surface area (Å²) in [7, 11) is -11.0. The zero-order chi connectivity index (χ0) is 55.9. The monoisotopic (exact) mass is 1110 g/mol. The van der Waals surface area contributed by atoms with Crippen molar-refractivity contribution in [2.45, 2.75) is 159 Å². The lowest BCUT2D eigenvalue weighted by Gasteiger charge is -2.21. The predicted molar refractivity (Wildman–Crippen MR) is 291 cm³/mol. The first kappa shape index (κ1) is 67.2. The average Bonchev–Trinajstić information content (AvgIpc) is 3.65. The molecule has 2 unspecified atom stereocenters. The van der Waals surface area contributed by atoms with E-state index < -0.39 is 95.9 Å². The molecule has 0 saturated carbocycles. The van der Waals surface area contributed by atoms with Gasteiger partial charge in [0.25, 0.3) is 0 Å². The van der Waals surface area contributed by atoms with Gasteiger partial charge in [0.1, 0.15) is 30.7 Å². The molecule has 76 heavy (non-hydrogen) atoms. The molecule has 1 aromatic heterocycles. The third-order valence-corrected chi connectivity index (χ3v) is 13.3. The largest absolute Gasteiger partial charge is 0.481 e. The third kappa shape index (κ3) is 32.6. The van der Waals surface area contributed by atoms with E-state index in [1.54, 1.807) is 48.6 Å². The Bertz CT molecular complexity index is 2290. The predicted octanol–water partition coefficient (Wildman–Crippen LogP) is 8.72. The summed E-state index contributed by atoms with van der Waals surface area (Å²) < 4.78 is 56.5.